The van der Waals surface area contributed by atoms with E-state index in [1.54, 1.807) is 30.3 Å². The number of halogens is 8. The first-order chi connectivity index (χ1) is 18.3. The molecule has 1 atom stereocenters. The molecule has 0 bridgehead atoms. The Balaban J connectivity index is 2.21. The fourth-order valence-electron chi connectivity index (χ4n) is 3.73. The van der Waals surface area contributed by atoms with E-state index in [1.807, 2.05) is 5.32 Å². The van der Waals surface area contributed by atoms with Gasteiger partial charge in [0, 0.05) is 12.5 Å². The summed E-state index contributed by atoms with van der Waals surface area (Å²) in [6.45, 7) is -1.42. The van der Waals surface area contributed by atoms with E-state index < -0.39 is 54.0 Å². The summed E-state index contributed by atoms with van der Waals surface area (Å²) in [5.41, 5.74) is -1.83. The molecule has 5 nitrogen and oxygen atoms in total. The van der Waals surface area contributed by atoms with E-state index in [1.165, 1.54) is 12.1 Å². The standard InChI is InChI=1S/C26H19F8N3O2/c27-19-8-6-17(7-9-19)25(13-16-4-2-1-3-5-16,37-23(38)36-15-24(31,32)14-35)18-10-20(28)12-21(11-18)39-26(33,34)22(29)30/h1-12,22H,13,15H2,(H2,36,37,38). The highest BCUT2D eigenvalue weighted by atomic mass is 19.3. The van der Waals surface area contributed by atoms with Gasteiger partial charge in [-0.2, -0.15) is 31.6 Å². The third kappa shape index (κ3) is 7.37. The van der Waals surface area contributed by atoms with Crippen molar-refractivity contribution in [2.45, 2.75) is 30.4 Å². The normalized spacial score (nSPS) is 13.3. The highest BCUT2D eigenvalue weighted by Crippen LogP contribution is 2.38. The molecule has 39 heavy (non-hydrogen) atoms. The summed E-state index contributed by atoms with van der Waals surface area (Å²) in [5.74, 6) is -6.93. The fraction of sp³-hybridized carbons (Fsp3) is 0.231. The van der Waals surface area contributed by atoms with Gasteiger partial charge in [-0.3, -0.25) is 0 Å². The number of hydrogen-bond donors (Lipinski definition) is 2. The van der Waals surface area contributed by atoms with Crippen LogP contribution in [0.5, 0.6) is 5.75 Å². The maximum atomic E-state index is 14.7. The van der Waals surface area contributed by atoms with Gasteiger partial charge in [-0.25, -0.2) is 13.6 Å². The lowest BCUT2D eigenvalue weighted by Crippen LogP contribution is -2.53. The van der Waals surface area contributed by atoms with Crippen molar-refractivity contribution < 1.29 is 44.7 Å². The number of hydrogen-bond acceptors (Lipinski definition) is 3. The molecule has 0 spiro atoms. The zero-order chi connectivity index (χ0) is 28.8. The number of ether oxygens (including phenoxy) is 1. The van der Waals surface area contributed by atoms with Crippen LogP contribution < -0.4 is 15.4 Å². The van der Waals surface area contributed by atoms with Crippen LogP contribution in [0.1, 0.15) is 16.7 Å². The minimum absolute atomic E-state index is 0.0344. The van der Waals surface area contributed by atoms with Crippen LogP contribution in [0, 0.1) is 23.0 Å². The molecule has 13 heteroatoms. The Morgan fingerprint density at radius 2 is 1.54 bits per heavy atom. The molecule has 0 saturated carbocycles. The van der Waals surface area contributed by atoms with Crippen molar-refractivity contribution in [3.63, 3.8) is 0 Å². The number of benzene rings is 3. The topological polar surface area (TPSA) is 74.2 Å². The van der Waals surface area contributed by atoms with Crippen molar-refractivity contribution in [2.75, 3.05) is 6.54 Å². The van der Waals surface area contributed by atoms with Gasteiger partial charge in [0.25, 0.3) is 0 Å². The predicted octanol–water partition coefficient (Wildman–Crippen LogP) is 6.15. The predicted molar refractivity (Wildman–Crippen MR) is 122 cm³/mol. The average molecular weight is 557 g/mol. The van der Waals surface area contributed by atoms with Gasteiger partial charge in [0.1, 0.15) is 23.5 Å². The van der Waals surface area contributed by atoms with Crippen molar-refractivity contribution in [1.29, 1.82) is 5.26 Å². The lowest BCUT2D eigenvalue weighted by molar-refractivity contribution is -0.253. The molecule has 206 valence electrons. The van der Waals surface area contributed by atoms with Gasteiger partial charge in [0.05, 0.1) is 12.1 Å². The second kappa shape index (κ2) is 11.6. The number of alkyl halides is 6. The van der Waals surface area contributed by atoms with Crippen LogP contribution in [-0.4, -0.2) is 31.0 Å². The van der Waals surface area contributed by atoms with E-state index in [0.717, 1.165) is 24.3 Å². The van der Waals surface area contributed by atoms with E-state index in [9.17, 15) is 39.9 Å². The first kappa shape index (κ1) is 29.2. The molecule has 0 aromatic heterocycles. The van der Waals surface area contributed by atoms with E-state index in [4.69, 9.17) is 5.26 Å². The molecule has 0 radical (unpaired) electrons. The summed E-state index contributed by atoms with van der Waals surface area (Å²) in [6.07, 6.45) is -9.55. The minimum Gasteiger partial charge on any atom is -0.428 e. The van der Waals surface area contributed by atoms with Crippen LogP contribution in [0.15, 0.2) is 72.8 Å². The van der Waals surface area contributed by atoms with Gasteiger partial charge in [0.15, 0.2) is 0 Å². The van der Waals surface area contributed by atoms with Gasteiger partial charge in [0.2, 0.25) is 0 Å². The molecule has 0 heterocycles. The van der Waals surface area contributed by atoms with Crippen LogP contribution in [-0.2, 0) is 12.0 Å². The molecule has 3 rings (SSSR count). The molecule has 2 amide bonds. The summed E-state index contributed by atoms with van der Waals surface area (Å²) in [6, 6.07) is 13.6. The van der Waals surface area contributed by atoms with Crippen molar-refractivity contribution in [3.8, 4) is 11.8 Å². The number of nitrogens with one attached hydrogen (secondary N) is 2. The van der Waals surface area contributed by atoms with E-state index in [2.05, 4.69) is 10.1 Å². The quantitative estimate of drug-likeness (QED) is 0.294. The van der Waals surface area contributed by atoms with Gasteiger partial charge < -0.3 is 15.4 Å². The lowest BCUT2D eigenvalue weighted by Gasteiger charge is -2.37. The van der Waals surface area contributed by atoms with Crippen LogP contribution >= 0.6 is 0 Å². The third-order valence-electron chi connectivity index (χ3n) is 5.48. The van der Waals surface area contributed by atoms with E-state index in [-0.39, 0.29) is 17.5 Å². The minimum atomic E-state index is -5.00. The molecule has 3 aromatic rings. The number of carbonyl (C=O) groups is 1. The highest BCUT2D eigenvalue weighted by Gasteiger charge is 2.45. The molecule has 1 unspecified atom stereocenters. The molecular formula is C26H19F8N3O2. The average Bonchev–Trinajstić information content (AvgIpc) is 2.87. The van der Waals surface area contributed by atoms with Crippen molar-refractivity contribution in [2.24, 2.45) is 0 Å². The molecule has 2 N–H and O–H groups in total. The van der Waals surface area contributed by atoms with Crippen LogP contribution in [0.4, 0.5) is 39.9 Å². The molecule has 0 aliphatic heterocycles. The van der Waals surface area contributed by atoms with Crippen LogP contribution in [0.3, 0.4) is 0 Å². The van der Waals surface area contributed by atoms with Gasteiger partial charge in [-0.15, -0.1) is 0 Å². The number of urea groups is 1. The maximum Gasteiger partial charge on any atom is 0.461 e. The number of amides is 2. The Hall–Kier alpha value is -4.34. The zero-order valence-electron chi connectivity index (χ0n) is 19.7. The first-order valence-corrected chi connectivity index (χ1v) is 11.1. The molecule has 3 aromatic carbocycles. The Morgan fingerprint density at radius 1 is 0.897 bits per heavy atom. The summed E-state index contributed by atoms with van der Waals surface area (Å²) in [5, 5.41) is 12.7. The number of nitriles is 1. The van der Waals surface area contributed by atoms with E-state index >= 15 is 0 Å². The molecule has 0 saturated heterocycles. The summed E-state index contributed by atoms with van der Waals surface area (Å²) in [7, 11) is 0. The number of rotatable bonds is 10. The summed E-state index contributed by atoms with van der Waals surface area (Å²) >= 11 is 0. The monoisotopic (exact) mass is 557 g/mol. The van der Waals surface area contributed by atoms with Crippen molar-refractivity contribution >= 4 is 6.03 Å². The Bertz CT molecular complexity index is 1330. The maximum absolute atomic E-state index is 14.7. The van der Waals surface area contributed by atoms with Crippen molar-refractivity contribution in [3.05, 3.63) is 101 Å². The van der Waals surface area contributed by atoms with Gasteiger partial charge >= 0.3 is 24.5 Å². The second-order valence-corrected chi connectivity index (χ2v) is 8.34. The summed E-state index contributed by atoms with van der Waals surface area (Å²) < 4.78 is 112. The van der Waals surface area contributed by atoms with E-state index in [0.29, 0.717) is 17.7 Å². The van der Waals surface area contributed by atoms with Gasteiger partial charge in [-0.1, -0.05) is 42.5 Å². The Labute approximate surface area is 217 Å². The number of carbonyl (C=O) groups excluding carboxylic acids is 1. The number of nitrogens with zero attached hydrogens (tertiary/aromatic N) is 1. The van der Waals surface area contributed by atoms with Crippen LogP contribution in [0.2, 0.25) is 0 Å². The molecular weight excluding hydrogens is 538 g/mol. The van der Waals surface area contributed by atoms with Crippen molar-refractivity contribution in [1.82, 2.24) is 10.6 Å². The summed E-state index contributed by atoms with van der Waals surface area (Å²) in [4.78, 5) is 12.8. The smallest absolute Gasteiger partial charge is 0.428 e. The zero-order valence-corrected chi connectivity index (χ0v) is 19.7. The molecule has 0 fully saturated rings. The SMILES string of the molecule is N#CC(F)(F)CNC(=O)NC(Cc1ccccc1)(c1ccc(F)cc1)c1cc(F)cc(OC(F)(F)C(F)F)c1. The largest absolute Gasteiger partial charge is 0.461 e. The first-order valence-electron chi connectivity index (χ1n) is 11.1. The molecule has 0 aliphatic rings. The fourth-order valence-corrected chi connectivity index (χ4v) is 3.73. The lowest BCUT2D eigenvalue weighted by atomic mass is 9.77. The second-order valence-electron chi connectivity index (χ2n) is 8.34. The molecule has 0 aliphatic carbocycles. The Morgan fingerprint density at radius 3 is 2.13 bits per heavy atom. The van der Waals surface area contributed by atoms with Crippen LogP contribution in [0.25, 0.3) is 0 Å². The highest BCUT2D eigenvalue weighted by molar-refractivity contribution is 5.76. The Kier molecular flexibility index (Phi) is 8.68. The third-order valence-corrected chi connectivity index (χ3v) is 5.48. The van der Waals surface area contributed by atoms with Gasteiger partial charge in [-0.05, 0) is 41.0 Å².